The van der Waals surface area contributed by atoms with Crippen molar-refractivity contribution < 1.29 is 34.3 Å². The van der Waals surface area contributed by atoms with Gasteiger partial charge < -0.3 is 17.5 Å². The monoisotopic (exact) mass is 881 g/mol. The Labute approximate surface area is 357 Å². The third kappa shape index (κ3) is 11.5. The molecule has 0 atom stereocenters. The summed E-state index contributed by atoms with van der Waals surface area (Å²) in [6.45, 7) is 1.25. The molecule has 19 heteroatoms. The van der Waals surface area contributed by atoms with Crippen LogP contribution in [0.15, 0.2) is 113 Å². The zero-order valence-electron chi connectivity index (χ0n) is 33.5. The van der Waals surface area contributed by atoms with Crippen LogP contribution in [0.25, 0.3) is 44.6 Å². The molecular weight excluding hydrogens is 839 g/mol. The maximum Gasteiger partial charge on any atom is 0.262 e. The summed E-state index contributed by atoms with van der Waals surface area (Å²) in [6, 6.07) is 25.7. The van der Waals surface area contributed by atoms with Gasteiger partial charge in [0.05, 0.1) is 34.5 Å². The summed E-state index contributed by atoms with van der Waals surface area (Å²) in [6.07, 6.45) is 12.1. The highest BCUT2D eigenvalue weighted by Crippen LogP contribution is 2.25. The van der Waals surface area contributed by atoms with Gasteiger partial charge in [-0.05, 0) is 85.6 Å². The van der Waals surface area contributed by atoms with Crippen LogP contribution in [-0.2, 0) is 40.4 Å². The highest BCUT2D eigenvalue weighted by Gasteiger charge is 2.16. The van der Waals surface area contributed by atoms with Gasteiger partial charge in [-0.3, -0.25) is 23.4 Å². The lowest BCUT2D eigenvalue weighted by Crippen LogP contribution is -2.24. The number of aryl methyl sites for hydroxylation is 1. The molecule has 0 aliphatic heterocycles. The van der Waals surface area contributed by atoms with Crippen LogP contribution in [0.4, 0.5) is 0 Å². The van der Waals surface area contributed by atoms with E-state index >= 15 is 0 Å². The second-order valence-electron chi connectivity index (χ2n) is 14.8. The van der Waals surface area contributed by atoms with E-state index < -0.39 is 20.8 Å². The molecule has 0 saturated carbocycles. The second-order valence-corrected chi connectivity index (χ2v) is 16.8. The minimum atomic E-state index is -4.94. The maximum atomic E-state index is 13.7. The van der Waals surface area contributed by atoms with Crippen molar-refractivity contribution in [3.05, 3.63) is 130 Å². The van der Waals surface area contributed by atoms with E-state index in [0.717, 1.165) is 64.2 Å². The molecule has 62 heavy (non-hydrogen) atoms. The summed E-state index contributed by atoms with van der Waals surface area (Å²) < 4.78 is 79.8. The van der Waals surface area contributed by atoms with E-state index in [1.807, 2.05) is 12.3 Å². The van der Waals surface area contributed by atoms with Crippen molar-refractivity contribution in [1.29, 1.82) is 0 Å². The van der Waals surface area contributed by atoms with E-state index in [-0.39, 0.29) is 29.2 Å². The van der Waals surface area contributed by atoms with Gasteiger partial charge in [-0.25, -0.2) is 26.8 Å². The smallest absolute Gasteiger partial charge is 0.262 e. The predicted molar refractivity (Wildman–Crippen MR) is 229 cm³/mol. The van der Waals surface area contributed by atoms with Gasteiger partial charge in [0.25, 0.3) is 31.9 Å². The molecule has 4 aromatic carbocycles. The molecular formula is C43H43N7O10S2-2. The van der Waals surface area contributed by atoms with Crippen LogP contribution in [0.1, 0.15) is 69.9 Å². The van der Waals surface area contributed by atoms with Crippen LogP contribution >= 0.6 is 0 Å². The molecule has 0 radical (unpaired) electrons. The molecule has 0 saturated heterocycles. The Morgan fingerprint density at radius 1 is 0.516 bits per heavy atom. The Hall–Kier alpha value is -6.28. The second kappa shape index (κ2) is 19.6. The summed E-state index contributed by atoms with van der Waals surface area (Å²) in [4.78, 5) is 36.6. The van der Waals surface area contributed by atoms with Crippen LogP contribution in [0, 0.1) is 0 Å². The van der Waals surface area contributed by atoms with Gasteiger partial charge >= 0.3 is 0 Å². The molecule has 3 heterocycles. The molecule has 0 N–H and O–H groups in total. The van der Waals surface area contributed by atoms with Crippen molar-refractivity contribution >= 4 is 42.6 Å². The topological polar surface area (TPSA) is 233 Å². The van der Waals surface area contributed by atoms with Crippen molar-refractivity contribution in [3.8, 4) is 34.3 Å². The average molecular weight is 882 g/mol. The average Bonchev–Trinajstić information content (AvgIpc) is 3.69. The Bertz CT molecular complexity index is 3010. The zero-order valence-corrected chi connectivity index (χ0v) is 35.2. The first-order valence-electron chi connectivity index (χ1n) is 20.2. The summed E-state index contributed by atoms with van der Waals surface area (Å²) in [5.41, 5.74) is 2.30. The molecule has 0 unspecified atom stereocenters. The van der Waals surface area contributed by atoms with Gasteiger partial charge in [0.15, 0.2) is 0 Å². The molecule has 0 spiro atoms. The summed E-state index contributed by atoms with van der Waals surface area (Å²) in [5.74, 6) is 0.518. The van der Waals surface area contributed by atoms with Crippen LogP contribution < -0.4 is 19.5 Å². The van der Waals surface area contributed by atoms with E-state index in [1.54, 1.807) is 63.8 Å². The van der Waals surface area contributed by atoms with Crippen LogP contribution in [0.3, 0.4) is 0 Å². The van der Waals surface area contributed by atoms with Gasteiger partial charge in [-0.2, -0.15) is 0 Å². The number of fused-ring (bicyclic) bond motifs is 2. The predicted octanol–water partition coefficient (Wildman–Crippen LogP) is 6.36. The quantitative estimate of drug-likeness (QED) is 0.0434. The van der Waals surface area contributed by atoms with E-state index in [2.05, 4.69) is 18.7 Å². The van der Waals surface area contributed by atoms with Crippen molar-refractivity contribution in [2.75, 3.05) is 0 Å². The summed E-state index contributed by atoms with van der Waals surface area (Å²) in [7, 11) is -9.85. The number of unbranched alkanes of at least 4 members (excludes halogenated alkanes) is 9. The van der Waals surface area contributed by atoms with E-state index in [1.165, 1.54) is 41.0 Å². The molecule has 0 amide bonds. The van der Waals surface area contributed by atoms with Gasteiger partial charge in [0, 0.05) is 24.2 Å². The van der Waals surface area contributed by atoms with Gasteiger partial charge in [-0.1, -0.05) is 80.8 Å². The van der Waals surface area contributed by atoms with Gasteiger partial charge in [0.2, 0.25) is 0 Å². The Morgan fingerprint density at radius 2 is 0.935 bits per heavy atom. The minimum Gasteiger partial charge on any atom is -0.716 e. The first kappa shape index (κ1) is 43.8. The lowest BCUT2D eigenvalue weighted by Gasteiger charge is -2.14. The number of benzene rings is 4. The van der Waals surface area contributed by atoms with Gasteiger partial charge in [0.1, 0.15) is 28.8 Å². The molecule has 0 fully saturated rings. The van der Waals surface area contributed by atoms with E-state index in [9.17, 15) is 35.5 Å². The van der Waals surface area contributed by atoms with Crippen molar-refractivity contribution in [3.63, 3.8) is 0 Å². The number of aromatic nitrogens is 7. The molecule has 324 valence electrons. The first-order chi connectivity index (χ1) is 29.8. The summed E-state index contributed by atoms with van der Waals surface area (Å²) >= 11 is 0. The molecule has 3 aromatic heterocycles. The number of nitrogens with zero attached hydrogens (tertiary/aromatic N) is 7. The maximum absolute atomic E-state index is 13.7. The highest BCUT2D eigenvalue weighted by molar-refractivity contribution is 7.81. The van der Waals surface area contributed by atoms with Crippen LogP contribution in [0.2, 0.25) is 0 Å². The normalized spacial score (nSPS) is 12.0. The Balaban J connectivity index is 0.842. The SMILES string of the molecule is O=c1c2ccccc2nc(-c2ccc(OS(=O)(=O)[O-])cc2)n1CCCCCCCCCCCCn1cc(Cn2c(-c3ccc(OS(=O)(=O)[O-])cc3)nc3ccccc3c2=O)nn1. The third-order valence-electron chi connectivity index (χ3n) is 10.3. The molecule has 7 aromatic rings. The molecule has 17 nitrogen and oxygen atoms in total. The van der Waals surface area contributed by atoms with Crippen molar-refractivity contribution in [2.45, 2.75) is 83.8 Å². The third-order valence-corrected chi connectivity index (χ3v) is 11.1. The van der Waals surface area contributed by atoms with Crippen LogP contribution in [0.5, 0.6) is 11.5 Å². The van der Waals surface area contributed by atoms with Crippen LogP contribution in [-0.4, -0.2) is 60.0 Å². The molecule has 0 bridgehead atoms. The van der Waals surface area contributed by atoms with Crippen molar-refractivity contribution in [1.82, 2.24) is 34.1 Å². The molecule has 7 rings (SSSR count). The fourth-order valence-electron chi connectivity index (χ4n) is 7.33. The standard InChI is InChI=1S/C43H45N7O10S2/c51-42-36-15-9-11-17-38(36)44-40(31-19-23-34(24-20-31)59-61(53,54)55)49(42)28-14-8-6-4-2-1-3-5-7-13-27-48-29-33(46-47-48)30-50-41(45-39-18-12-10-16-37(39)43(50)52)32-21-25-35(26-22-32)60-62(56,57)58/h9-12,15-26,29H,1-8,13-14,27-28,30H2,(H,53,54,55)(H,56,57,58)/p-2. The van der Waals surface area contributed by atoms with E-state index in [4.69, 9.17) is 9.97 Å². The number of para-hydroxylation sites is 2. The summed E-state index contributed by atoms with van der Waals surface area (Å²) in [5, 5.41) is 9.54. The Morgan fingerprint density at radius 3 is 1.42 bits per heavy atom. The van der Waals surface area contributed by atoms with E-state index in [0.29, 0.717) is 63.4 Å². The zero-order chi connectivity index (χ0) is 43.7. The van der Waals surface area contributed by atoms with Gasteiger partial charge in [-0.15, -0.1) is 5.10 Å². The lowest BCUT2D eigenvalue weighted by molar-refractivity contribution is 0.370. The largest absolute Gasteiger partial charge is 0.716 e. The number of hydrogen-bond acceptors (Lipinski definition) is 14. The molecule has 0 aliphatic carbocycles. The Kier molecular flexibility index (Phi) is 13.9. The first-order valence-corrected chi connectivity index (χ1v) is 22.9. The number of hydrogen-bond donors (Lipinski definition) is 0. The minimum absolute atomic E-state index is 0.104. The fraction of sp³-hybridized carbons (Fsp3) is 0.302. The number of rotatable bonds is 21. The molecule has 0 aliphatic rings. The van der Waals surface area contributed by atoms with Crippen molar-refractivity contribution in [2.24, 2.45) is 0 Å². The lowest BCUT2D eigenvalue weighted by atomic mass is 10.1. The fourth-order valence-corrected chi connectivity index (χ4v) is 8.02. The highest BCUT2D eigenvalue weighted by atomic mass is 32.3.